The van der Waals surface area contributed by atoms with Gasteiger partial charge in [-0.2, -0.15) is 0 Å². The Bertz CT molecular complexity index is 868. The number of allylic oxidation sites excluding steroid dienone is 2. The largest absolute Gasteiger partial charge is 0.0905 e. The third kappa shape index (κ3) is 1.93. The molecule has 0 unspecified atom stereocenters. The van der Waals surface area contributed by atoms with Crippen molar-refractivity contribution in [3.63, 3.8) is 0 Å². The van der Waals surface area contributed by atoms with Gasteiger partial charge < -0.3 is 0 Å². The van der Waals surface area contributed by atoms with Crippen molar-refractivity contribution >= 4 is 16.7 Å². The van der Waals surface area contributed by atoms with E-state index in [9.17, 15) is 0 Å². The molecule has 1 aliphatic carbocycles. The maximum absolute atomic E-state index is 4.37. The molecule has 0 aliphatic heterocycles. The van der Waals surface area contributed by atoms with Gasteiger partial charge in [0.1, 0.15) is 0 Å². The van der Waals surface area contributed by atoms with Gasteiger partial charge in [-0.1, -0.05) is 91.5 Å². The Hall–Kier alpha value is -2.86. The van der Waals surface area contributed by atoms with Crippen LogP contribution in [0.25, 0.3) is 16.7 Å². The number of benzene rings is 3. The standard InChI is InChI=1S/C22H16/c1-16-19-14-8-9-15-20(19)22(18-12-6-3-7-13-18)21(16)17-10-4-2-5-11-17/h2-15H,1H2. The number of rotatable bonds is 2. The molecule has 0 amide bonds. The van der Waals surface area contributed by atoms with Crippen molar-refractivity contribution in [2.75, 3.05) is 0 Å². The lowest BCUT2D eigenvalue weighted by Crippen LogP contribution is -1.88. The minimum atomic E-state index is 1.11. The van der Waals surface area contributed by atoms with Crippen molar-refractivity contribution in [1.29, 1.82) is 0 Å². The predicted molar refractivity (Wildman–Crippen MR) is 94.3 cm³/mol. The molecule has 0 spiro atoms. The van der Waals surface area contributed by atoms with E-state index in [4.69, 9.17) is 0 Å². The van der Waals surface area contributed by atoms with Crippen LogP contribution >= 0.6 is 0 Å². The molecule has 3 aromatic carbocycles. The van der Waals surface area contributed by atoms with Crippen LogP contribution in [0.5, 0.6) is 0 Å². The van der Waals surface area contributed by atoms with E-state index in [0.29, 0.717) is 0 Å². The SMILES string of the molecule is C=C1C(c2ccccc2)=C(c2ccccc2)c2ccccc21. The van der Waals surface area contributed by atoms with Gasteiger partial charge >= 0.3 is 0 Å². The molecule has 0 fully saturated rings. The van der Waals surface area contributed by atoms with Gasteiger partial charge in [-0.15, -0.1) is 0 Å². The highest BCUT2D eigenvalue weighted by Crippen LogP contribution is 2.47. The summed E-state index contributed by atoms with van der Waals surface area (Å²) in [6.45, 7) is 4.37. The Morgan fingerprint density at radius 3 is 1.50 bits per heavy atom. The van der Waals surface area contributed by atoms with E-state index in [0.717, 1.165) is 5.57 Å². The molecular weight excluding hydrogens is 264 g/mol. The summed E-state index contributed by atoms with van der Waals surface area (Å²) in [6.07, 6.45) is 0. The summed E-state index contributed by atoms with van der Waals surface area (Å²) >= 11 is 0. The molecule has 104 valence electrons. The average Bonchev–Trinajstić information content (AvgIpc) is 2.90. The summed E-state index contributed by atoms with van der Waals surface area (Å²) in [5.74, 6) is 0. The zero-order valence-electron chi connectivity index (χ0n) is 12.3. The molecule has 0 radical (unpaired) electrons. The zero-order chi connectivity index (χ0) is 14.9. The zero-order valence-corrected chi connectivity index (χ0v) is 12.3. The quantitative estimate of drug-likeness (QED) is 0.567. The third-order valence-corrected chi connectivity index (χ3v) is 4.20. The summed E-state index contributed by atoms with van der Waals surface area (Å²) in [7, 11) is 0. The topological polar surface area (TPSA) is 0 Å². The molecule has 0 heteroatoms. The lowest BCUT2D eigenvalue weighted by atomic mass is 9.94. The molecule has 22 heavy (non-hydrogen) atoms. The fourth-order valence-corrected chi connectivity index (χ4v) is 3.21. The molecule has 0 bridgehead atoms. The highest BCUT2D eigenvalue weighted by molar-refractivity contribution is 6.23. The highest BCUT2D eigenvalue weighted by atomic mass is 14.3. The van der Waals surface area contributed by atoms with E-state index in [1.165, 1.54) is 33.4 Å². The van der Waals surface area contributed by atoms with Crippen molar-refractivity contribution < 1.29 is 0 Å². The second kappa shape index (κ2) is 5.16. The van der Waals surface area contributed by atoms with Crippen LogP contribution < -0.4 is 0 Å². The van der Waals surface area contributed by atoms with Crippen LogP contribution in [0.3, 0.4) is 0 Å². The predicted octanol–water partition coefficient (Wildman–Crippen LogP) is 5.67. The summed E-state index contributed by atoms with van der Waals surface area (Å²) in [4.78, 5) is 0. The van der Waals surface area contributed by atoms with E-state index in [1.54, 1.807) is 0 Å². The molecule has 3 aromatic rings. The molecule has 0 saturated carbocycles. The van der Waals surface area contributed by atoms with Crippen molar-refractivity contribution in [2.24, 2.45) is 0 Å². The van der Waals surface area contributed by atoms with Crippen molar-refractivity contribution in [3.05, 3.63) is 114 Å². The lowest BCUT2D eigenvalue weighted by Gasteiger charge is -2.10. The first kappa shape index (κ1) is 12.8. The fourth-order valence-electron chi connectivity index (χ4n) is 3.21. The summed E-state index contributed by atoms with van der Waals surface area (Å²) < 4.78 is 0. The Labute approximate surface area is 131 Å². The Balaban J connectivity index is 2.05. The monoisotopic (exact) mass is 280 g/mol. The van der Waals surface area contributed by atoms with Crippen LogP contribution in [0.15, 0.2) is 91.5 Å². The van der Waals surface area contributed by atoms with Crippen LogP contribution in [0, 0.1) is 0 Å². The van der Waals surface area contributed by atoms with Crippen LogP contribution in [-0.2, 0) is 0 Å². The molecule has 0 N–H and O–H groups in total. The van der Waals surface area contributed by atoms with E-state index in [-0.39, 0.29) is 0 Å². The molecular formula is C22H16. The van der Waals surface area contributed by atoms with E-state index < -0.39 is 0 Å². The summed E-state index contributed by atoms with van der Waals surface area (Å²) in [5, 5.41) is 0. The van der Waals surface area contributed by atoms with Crippen LogP contribution in [0.1, 0.15) is 22.3 Å². The Kier molecular flexibility index (Phi) is 3.01. The van der Waals surface area contributed by atoms with Gasteiger partial charge in [0, 0.05) is 0 Å². The Morgan fingerprint density at radius 1 is 0.455 bits per heavy atom. The van der Waals surface area contributed by atoms with Gasteiger partial charge in [-0.3, -0.25) is 0 Å². The first-order valence-electron chi connectivity index (χ1n) is 7.50. The minimum absolute atomic E-state index is 1.11. The number of fused-ring (bicyclic) bond motifs is 1. The molecule has 0 saturated heterocycles. The normalized spacial score (nSPS) is 13.4. The Morgan fingerprint density at radius 2 is 0.909 bits per heavy atom. The van der Waals surface area contributed by atoms with E-state index in [2.05, 4.69) is 91.5 Å². The van der Waals surface area contributed by atoms with Crippen LogP contribution in [-0.4, -0.2) is 0 Å². The van der Waals surface area contributed by atoms with E-state index in [1.807, 2.05) is 0 Å². The fraction of sp³-hybridized carbons (Fsp3) is 0. The summed E-state index contributed by atoms with van der Waals surface area (Å²) in [6, 6.07) is 29.7. The van der Waals surface area contributed by atoms with Crippen LogP contribution in [0.4, 0.5) is 0 Å². The number of hydrogen-bond acceptors (Lipinski definition) is 0. The van der Waals surface area contributed by atoms with Gasteiger partial charge in [-0.05, 0) is 39.0 Å². The van der Waals surface area contributed by atoms with Gasteiger partial charge in [0.25, 0.3) is 0 Å². The van der Waals surface area contributed by atoms with Crippen molar-refractivity contribution in [3.8, 4) is 0 Å². The van der Waals surface area contributed by atoms with Gasteiger partial charge in [-0.25, -0.2) is 0 Å². The molecule has 0 heterocycles. The maximum Gasteiger partial charge on any atom is -0.00206 e. The molecule has 4 rings (SSSR count). The lowest BCUT2D eigenvalue weighted by molar-refractivity contribution is 1.55. The van der Waals surface area contributed by atoms with Gasteiger partial charge in [0.15, 0.2) is 0 Å². The molecule has 0 nitrogen and oxygen atoms in total. The van der Waals surface area contributed by atoms with Crippen molar-refractivity contribution in [2.45, 2.75) is 0 Å². The maximum atomic E-state index is 4.37. The average molecular weight is 280 g/mol. The van der Waals surface area contributed by atoms with E-state index >= 15 is 0 Å². The van der Waals surface area contributed by atoms with Gasteiger partial charge in [0.2, 0.25) is 0 Å². The number of hydrogen-bond donors (Lipinski definition) is 0. The smallest absolute Gasteiger partial charge is 0.00206 e. The highest BCUT2D eigenvalue weighted by Gasteiger charge is 2.26. The second-order valence-corrected chi connectivity index (χ2v) is 5.51. The molecule has 0 aromatic heterocycles. The van der Waals surface area contributed by atoms with Crippen LogP contribution in [0.2, 0.25) is 0 Å². The second-order valence-electron chi connectivity index (χ2n) is 5.51. The molecule has 0 atom stereocenters. The third-order valence-electron chi connectivity index (χ3n) is 4.20. The minimum Gasteiger partial charge on any atom is -0.0905 e. The van der Waals surface area contributed by atoms with Gasteiger partial charge in [0.05, 0.1) is 0 Å². The first-order valence-corrected chi connectivity index (χ1v) is 7.50. The summed E-state index contributed by atoms with van der Waals surface area (Å²) in [5.41, 5.74) is 8.62. The first-order chi connectivity index (χ1) is 10.9. The molecule has 1 aliphatic rings. The van der Waals surface area contributed by atoms with Crippen molar-refractivity contribution in [1.82, 2.24) is 0 Å².